The molecule has 0 aliphatic heterocycles. The molecule has 0 aliphatic carbocycles. The van der Waals surface area contributed by atoms with Crippen LogP contribution in [0.1, 0.15) is 21.6 Å². The molecule has 1 heterocycles. The first-order chi connectivity index (χ1) is 8.95. The van der Waals surface area contributed by atoms with E-state index in [1.54, 1.807) is 19.2 Å². The lowest BCUT2D eigenvalue weighted by Crippen LogP contribution is -2.19. The van der Waals surface area contributed by atoms with Crippen LogP contribution in [0.4, 0.5) is 0 Å². The maximum atomic E-state index is 12.0. The summed E-state index contributed by atoms with van der Waals surface area (Å²) in [6.45, 7) is 2.44. The Balaban J connectivity index is 2.77. The smallest absolute Gasteiger partial charge is 0.253 e. The lowest BCUT2D eigenvalue weighted by Gasteiger charge is -2.13. The summed E-state index contributed by atoms with van der Waals surface area (Å²) < 4.78 is 0. The molecule has 5 nitrogen and oxygen atoms in total. The molecule has 1 amide bonds. The van der Waals surface area contributed by atoms with Crippen molar-refractivity contribution in [2.24, 2.45) is 0 Å². The van der Waals surface area contributed by atoms with E-state index in [4.69, 9.17) is 0 Å². The Hall–Kier alpha value is -2.01. The van der Waals surface area contributed by atoms with E-state index in [9.17, 15) is 9.90 Å². The Morgan fingerprint density at radius 2 is 2.11 bits per heavy atom. The zero-order valence-electron chi connectivity index (χ0n) is 11.7. The fourth-order valence-electron chi connectivity index (χ4n) is 2.36. The van der Waals surface area contributed by atoms with Gasteiger partial charge in [-0.2, -0.15) is 0 Å². The normalized spacial score (nSPS) is 11.2. The standard InChI is InChI=1S/C14H19N3O2/c1-8-12(14(19)15-2)13-9(7-17(3)4)11(18)6-5-10(13)16-8/h5-6,16,18H,7H2,1-4H3,(H,15,19). The van der Waals surface area contributed by atoms with Crippen molar-refractivity contribution in [3.05, 3.63) is 29.0 Å². The van der Waals surface area contributed by atoms with Crippen LogP contribution in [0.3, 0.4) is 0 Å². The molecular formula is C14H19N3O2. The summed E-state index contributed by atoms with van der Waals surface area (Å²) in [5.41, 5.74) is 3.04. The summed E-state index contributed by atoms with van der Waals surface area (Å²) in [6, 6.07) is 3.45. The van der Waals surface area contributed by atoms with Crippen LogP contribution in [0.15, 0.2) is 12.1 Å². The Labute approximate surface area is 112 Å². The second kappa shape index (κ2) is 4.93. The topological polar surface area (TPSA) is 68.4 Å². The molecule has 102 valence electrons. The van der Waals surface area contributed by atoms with E-state index in [-0.39, 0.29) is 11.7 Å². The van der Waals surface area contributed by atoms with Crippen molar-refractivity contribution in [1.82, 2.24) is 15.2 Å². The van der Waals surface area contributed by atoms with Crippen LogP contribution >= 0.6 is 0 Å². The van der Waals surface area contributed by atoms with Gasteiger partial charge in [0, 0.05) is 35.8 Å². The third-order valence-electron chi connectivity index (χ3n) is 3.16. The maximum Gasteiger partial charge on any atom is 0.253 e. The van der Waals surface area contributed by atoms with Crippen molar-refractivity contribution in [1.29, 1.82) is 0 Å². The minimum atomic E-state index is -0.144. The van der Waals surface area contributed by atoms with Crippen molar-refractivity contribution >= 4 is 16.8 Å². The number of nitrogens with one attached hydrogen (secondary N) is 2. The number of carbonyl (C=O) groups excluding carboxylic acids is 1. The zero-order chi connectivity index (χ0) is 14.2. The van der Waals surface area contributed by atoms with E-state index < -0.39 is 0 Å². The maximum absolute atomic E-state index is 12.0. The number of amides is 1. The number of rotatable bonds is 3. The molecule has 0 saturated heterocycles. The van der Waals surface area contributed by atoms with Crippen LogP contribution in [0.5, 0.6) is 5.75 Å². The Bertz CT molecular complexity index is 629. The van der Waals surface area contributed by atoms with Gasteiger partial charge in [-0.05, 0) is 33.2 Å². The zero-order valence-corrected chi connectivity index (χ0v) is 11.7. The minimum Gasteiger partial charge on any atom is -0.508 e. The number of phenols is 1. The van der Waals surface area contributed by atoms with Gasteiger partial charge in [0.2, 0.25) is 0 Å². The van der Waals surface area contributed by atoms with E-state index in [0.29, 0.717) is 12.1 Å². The molecule has 0 spiro atoms. The van der Waals surface area contributed by atoms with Gasteiger partial charge in [-0.25, -0.2) is 0 Å². The van der Waals surface area contributed by atoms with Gasteiger partial charge in [0.15, 0.2) is 0 Å². The molecule has 0 radical (unpaired) electrons. The fourth-order valence-corrected chi connectivity index (χ4v) is 2.36. The second-order valence-corrected chi connectivity index (χ2v) is 4.93. The molecule has 2 aromatic rings. The van der Waals surface area contributed by atoms with E-state index >= 15 is 0 Å². The first-order valence-corrected chi connectivity index (χ1v) is 6.15. The van der Waals surface area contributed by atoms with Gasteiger partial charge in [0.05, 0.1) is 5.56 Å². The molecular weight excluding hydrogens is 242 g/mol. The number of fused-ring (bicyclic) bond motifs is 1. The molecule has 1 aromatic carbocycles. The minimum absolute atomic E-state index is 0.144. The molecule has 0 fully saturated rings. The van der Waals surface area contributed by atoms with Gasteiger partial charge in [0.1, 0.15) is 5.75 Å². The van der Waals surface area contributed by atoms with Gasteiger partial charge < -0.3 is 20.3 Å². The number of phenolic OH excluding ortho intramolecular Hbond substituents is 1. The van der Waals surface area contributed by atoms with Crippen molar-refractivity contribution < 1.29 is 9.90 Å². The third-order valence-corrected chi connectivity index (χ3v) is 3.16. The lowest BCUT2D eigenvalue weighted by molar-refractivity contribution is 0.0964. The number of carbonyl (C=O) groups is 1. The first-order valence-electron chi connectivity index (χ1n) is 6.15. The van der Waals surface area contributed by atoms with Crippen LogP contribution in [0.25, 0.3) is 10.9 Å². The monoisotopic (exact) mass is 261 g/mol. The number of benzene rings is 1. The average molecular weight is 261 g/mol. The van der Waals surface area contributed by atoms with Crippen LogP contribution in [-0.4, -0.2) is 42.0 Å². The van der Waals surface area contributed by atoms with Gasteiger partial charge in [-0.15, -0.1) is 0 Å². The van der Waals surface area contributed by atoms with Crippen molar-refractivity contribution in [2.45, 2.75) is 13.5 Å². The molecule has 0 bridgehead atoms. The number of aryl methyl sites for hydroxylation is 1. The van der Waals surface area contributed by atoms with E-state index in [2.05, 4.69) is 10.3 Å². The number of aromatic amines is 1. The van der Waals surface area contributed by atoms with E-state index in [0.717, 1.165) is 22.2 Å². The quantitative estimate of drug-likeness (QED) is 0.786. The van der Waals surface area contributed by atoms with Crippen LogP contribution in [-0.2, 0) is 6.54 Å². The number of nitrogens with zero attached hydrogens (tertiary/aromatic N) is 1. The largest absolute Gasteiger partial charge is 0.508 e. The summed E-state index contributed by atoms with van der Waals surface area (Å²) in [4.78, 5) is 17.2. The molecule has 0 aliphatic rings. The number of aromatic nitrogens is 1. The predicted octanol–water partition coefficient (Wildman–Crippen LogP) is 1.60. The Kier molecular flexibility index (Phi) is 3.48. The van der Waals surface area contributed by atoms with Crippen molar-refractivity contribution in [3.8, 4) is 5.75 Å². The summed E-state index contributed by atoms with van der Waals surface area (Å²) in [7, 11) is 5.46. The lowest BCUT2D eigenvalue weighted by atomic mass is 10.0. The van der Waals surface area contributed by atoms with E-state index in [1.165, 1.54) is 0 Å². The van der Waals surface area contributed by atoms with Crippen LogP contribution in [0.2, 0.25) is 0 Å². The fraction of sp³-hybridized carbons (Fsp3) is 0.357. The summed E-state index contributed by atoms with van der Waals surface area (Å²) in [5.74, 6) is 0.0692. The Morgan fingerprint density at radius 3 is 2.68 bits per heavy atom. The molecule has 0 unspecified atom stereocenters. The van der Waals surface area contributed by atoms with Gasteiger partial charge in [-0.1, -0.05) is 0 Å². The second-order valence-electron chi connectivity index (χ2n) is 4.93. The van der Waals surface area contributed by atoms with Crippen LogP contribution < -0.4 is 5.32 Å². The average Bonchev–Trinajstić information content (AvgIpc) is 2.68. The Morgan fingerprint density at radius 1 is 1.42 bits per heavy atom. The van der Waals surface area contributed by atoms with E-state index in [1.807, 2.05) is 25.9 Å². The molecule has 1 aromatic heterocycles. The number of aromatic hydroxyl groups is 1. The summed E-state index contributed by atoms with van der Waals surface area (Å²) in [6.07, 6.45) is 0. The van der Waals surface area contributed by atoms with Gasteiger partial charge >= 0.3 is 0 Å². The summed E-state index contributed by atoms with van der Waals surface area (Å²) in [5, 5.41) is 13.5. The third kappa shape index (κ3) is 2.29. The summed E-state index contributed by atoms with van der Waals surface area (Å²) >= 11 is 0. The van der Waals surface area contributed by atoms with Crippen LogP contribution in [0, 0.1) is 6.92 Å². The highest BCUT2D eigenvalue weighted by atomic mass is 16.3. The SMILES string of the molecule is CNC(=O)c1c(C)[nH]c2ccc(O)c(CN(C)C)c12. The number of hydrogen-bond acceptors (Lipinski definition) is 3. The van der Waals surface area contributed by atoms with Crippen molar-refractivity contribution in [3.63, 3.8) is 0 Å². The van der Waals surface area contributed by atoms with Gasteiger partial charge in [-0.3, -0.25) is 4.79 Å². The molecule has 0 atom stereocenters. The highest BCUT2D eigenvalue weighted by molar-refractivity contribution is 6.09. The molecule has 0 saturated carbocycles. The number of hydrogen-bond donors (Lipinski definition) is 3. The molecule has 5 heteroatoms. The van der Waals surface area contributed by atoms with Gasteiger partial charge in [0.25, 0.3) is 5.91 Å². The number of H-pyrrole nitrogens is 1. The highest BCUT2D eigenvalue weighted by Crippen LogP contribution is 2.32. The van der Waals surface area contributed by atoms with Crippen molar-refractivity contribution in [2.75, 3.05) is 21.1 Å². The predicted molar refractivity (Wildman–Crippen MR) is 75.5 cm³/mol. The molecule has 3 N–H and O–H groups in total. The first kappa shape index (κ1) is 13.4. The highest BCUT2D eigenvalue weighted by Gasteiger charge is 2.20. The molecule has 2 rings (SSSR count). The molecule has 19 heavy (non-hydrogen) atoms.